The van der Waals surface area contributed by atoms with Crippen molar-refractivity contribution in [1.29, 1.82) is 0 Å². The van der Waals surface area contributed by atoms with Crippen molar-refractivity contribution in [2.75, 3.05) is 0 Å². The average Bonchev–Trinajstić information content (AvgIpc) is 3.18. The van der Waals surface area contributed by atoms with E-state index < -0.39 is 0 Å². The van der Waals surface area contributed by atoms with E-state index in [0.29, 0.717) is 6.04 Å². The Balaban J connectivity index is 2.06. The standard InChI is InChI=1S/C25H33N2/c1-4-6-17-24(27-19-18-26(5-2)21-27)25(3,23-15-11-8-12-16-23)20-22-13-9-7-10-14-22/h7-16,18-19,21,24H,4-6,17,20H2,1-3H3/q+1. The maximum atomic E-state index is 2.45. The number of nitrogens with zero attached hydrogens (tertiary/aromatic N) is 2. The molecule has 0 saturated carbocycles. The van der Waals surface area contributed by atoms with E-state index in [1.54, 1.807) is 0 Å². The Hall–Kier alpha value is -2.35. The van der Waals surface area contributed by atoms with Gasteiger partial charge < -0.3 is 0 Å². The van der Waals surface area contributed by atoms with E-state index in [0.717, 1.165) is 13.0 Å². The molecule has 142 valence electrons. The number of aromatic nitrogens is 2. The van der Waals surface area contributed by atoms with Crippen LogP contribution in [0.25, 0.3) is 0 Å². The van der Waals surface area contributed by atoms with Crippen molar-refractivity contribution >= 4 is 0 Å². The molecule has 0 spiro atoms. The number of aryl methyl sites for hydroxylation is 1. The lowest BCUT2D eigenvalue weighted by Gasteiger charge is -2.36. The number of rotatable bonds is 9. The summed E-state index contributed by atoms with van der Waals surface area (Å²) in [6.45, 7) is 7.95. The first kappa shape index (κ1) is 19.4. The van der Waals surface area contributed by atoms with E-state index in [2.05, 4.69) is 109 Å². The van der Waals surface area contributed by atoms with E-state index >= 15 is 0 Å². The van der Waals surface area contributed by atoms with E-state index in [1.165, 1.54) is 30.4 Å². The van der Waals surface area contributed by atoms with Gasteiger partial charge in [-0.1, -0.05) is 80.9 Å². The molecule has 2 atom stereocenters. The number of benzene rings is 2. The minimum atomic E-state index is 0.0301. The summed E-state index contributed by atoms with van der Waals surface area (Å²) < 4.78 is 4.72. The van der Waals surface area contributed by atoms with Crippen molar-refractivity contribution < 1.29 is 4.57 Å². The predicted octanol–water partition coefficient (Wildman–Crippen LogP) is 5.73. The van der Waals surface area contributed by atoms with Crippen molar-refractivity contribution in [3.05, 3.63) is 90.5 Å². The molecule has 27 heavy (non-hydrogen) atoms. The SMILES string of the molecule is CCCCC(n1cc[n+](CC)c1)C(C)(Cc1ccccc1)c1ccccc1. The van der Waals surface area contributed by atoms with Crippen LogP contribution in [0, 0.1) is 0 Å². The lowest BCUT2D eigenvalue weighted by molar-refractivity contribution is -0.693. The van der Waals surface area contributed by atoms with Crippen molar-refractivity contribution in [2.24, 2.45) is 0 Å². The Morgan fingerprint density at radius 1 is 0.963 bits per heavy atom. The molecule has 0 amide bonds. The second-order valence-electron chi connectivity index (χ2n) is 7.80. The lowest BCUT2D eigenvalue weighted by Crippen LogP contribution is -2.37. The molecule has 0 aliphatic carbocycles. The second kappa shape index (κ2) is 9.03. The molecule has 0 N–H and O–H groups in total. The summed E-state index contributed by atoms with van der Waals surface area (Å²) in [4.78, 5) is 0. The summed E-state index contributed by atoms with van der Waals surface area (Å²) >= 11 is 0. The smallest absolute Gasteiger partial charge is 0.237 e. The van der Waals surface area contributed by atoms with Crippen molar-refractivity contribution in [3.63, 3.8) is 0 Å². The Morgan fingerprint density at radius 3 is 2.22 bits per heavy atom. The van der Waals surface area contributed by atoms with Crippen molar-refractivity contribution in [3.8, 4) is 0 Å². The predicted molar refractivity (Wildman–Crippen MR) is 113 cm³/mol. The van der Waals surface area contributed by atoms with Crippen LogP contribution in [0.15, 0.2) is 79.4 Å². The van der Waals surface area contributed by atoms with E-state index in [9.17, 15) is 0 Å². The summed E-state index contributed by atoms with van der Waals surface area (Å²) in [6.07, 6.45) is 11.4. The molecule has 3 rings (SSSR count). The van der Waals surface area contributed by atoms with Gasteiger partial charge in [0.2, 0.25) is 6.33 Å². The highest BCUT2D eigenvalue weighted by molar-refractivity contribution is 5.30. The number of imidazole rings is 1. The van der Waals surface area contributed by atoms with Crippen molar-refractivity contribution in [2.45, 2.75) is 64.5 Å². The van der Waals surface area contributed by atoms with Gasteiger partial charge in [0.15, 0.2) is 0 Å². The highest BCUT2D eigenvalue weighted by atomic mass is 15.1. The van der Waals surface area contributed by atoms with Crippen LogP contribution in [0.1, 0.15) is 57.2 Å². The minimum absolute atomic E-state index is 0.0301. The van der Waals surface area contributed by atoms with E-state index in [-0.39, 0.29) is 5.41 Å². The van der Waals surface area contributed by atoms with Crippen LogP contribution in [0.4, 0.5) is 0 Å². The van der Waals surface area contributed by atoms with Crippen LogP contribution >= 0.6 is 0 Å². The van der Waals surface area contributed by atoms with Gasteiger partial charge in [-0.2, -0.15) is 0 Å². The summed E-state index contributed by atoms with van der Waals surface area (Å²) in [5.41, 5.74) is 2.86. The van der Waals surface area contributed by atoms with Crippen LogP contribution in [0.2, 0.25) is 0 Å². The molecular formula is C25H33N2+. The summed E-state index contributed by atoms with van der Waals surface area (Å²) in [7, 11) is 0. The largest absolute Gasteiger partial charge is 0.243 e. The Morgan fingerprint density at radius 2 is 1.63 bits per heavy atom. The Bertz CT molecular complexity index is 807. The molecule has 2 unspecified atom stereocenters. The first-order chi connectivity index (χ1) is 13.2. The first-order valence-corrected chi connectivity index (χ1v) is 10.3. The van der Waals surface area contributed by atoms with Gasteiger partial charge in [-0.15, -0.1) is 0 Å². The molecule has 0 fully saturated rings. The Kier molecular flexibility index (Phi) is 6.49. The molecule has 3 aromatic rings. The summed E-state index contributed by atoms with van der Waals surface area (Å²) in [5.74, 6) is 0. The number of unbranched alkanes of at least 4 members (excludes halogenated alkanes) is 1. The second-order valence-corrected chi connectivity index (χ2v) is 7.80. The van der Waals surface area contributed by atoms with Gasteiger partial charge in [0.1, 0.15) is 18.4 Å². The fourth-order valence-electron chi connectivity index (χ4n) is 4.23. The molecule has 1 aromatic heterocycles. The van der Waals surface area contributed by atoms with Gasteiger partial charge in [-0.25, -0.2) is 9.13 Å². The maximum absolute atomic E-state index is 2.45. The highest BCUT2D eigenvalue weighted by Crippen LogP contribution is 2.41. The molecule has 0 saturated heterocycles. The quantitative estimate of drug-likeness (QED) is 0.431. The fraction of sp³-hybridized carbons (Fsp3) is 0.400. The lowest BCUT2D eigenvalue weighted by atomic mass is 9.70. The van der Waals surface area contributed by atoms with Crippen LogP contribution < -0.4 is 4.57 Å². The van der Waals surface area contributed by atoms with Crippen LogP contribution in [0.5, 0.6) is 0 Å². The van der Waals surface area contributed by atoms with Gasteiger partial charge in [0.05, 0.1) is 6.54 Å². The molecule has 0 radical (unpaired) electrons. The van der Waals surface area contributed by atoms with E-state index in [4.69, 9.17) is 0 Å². The normalized spacial score (nSPS) is 14.6. The number of hydrogen-bond acceptors (Lipinski definition) is 0. The third kappa shape index (κ3) is 4.50. The summed E-state index contributed by atoms with van der Waals surface area (Å²) in [6, 6.07) is 22.5. The van der Waals surface area contributed by atoms with Gasteiger partial charge in [-0.05, 0) is 37.3 Å². The molecule has 2 aromatic carbocycles. The van der Waals surface area contributed by atoms with Gasteiger partial charge in [0.25, 0.3) is 0 Å². The maximum Gasteiger partial charge on any atom is 0.243 e. The minimum Gasteiger partial charge on any atom is -0.237 e. The topological polar surface area (TPSA) is 8.81 Å². The Labute approximate surface area is 164 Å². The third-order valence-corrected chi connectivity index (χ3v) is 5.85. The molecule has 0 bridgehead atoms. The van der Waals surface area contributed by atoms with Gasteiger partial charge in [0, 0.05) is 5.41 Å². The van der Waals surface area contributed by atoms with Crippen LogP contribution in [-0.2, 0) is 18.4 Å². The molecule has 0 aliphatic heterocycles. The zero-order chi connectivity index (χ0) is 19.1. The van der Waals surface area contributed by atoms with Gasteiger partial charge >= 0.3 is 0 Å². The van der Waals surface area contributed by atoms with E-state index in [1.807, 2.05) is 0 Å². The zero-order valence-electron chi connectivity index (χ0n) is 17.0. The van der Waals surface area contributed by atoms with Gasteiger partial charge in [-0.3, -0.25) is 0 Å². The van der Waals surface area contributed by atoms with Crippen LogP contribution in [0.3, 0.4) is 0 Å². The average molecular weight is 362 g/mol. The summed E-state index contributed by atoms with van der Waals surface area (Å²) in [5, 5.41) is 0. The molecular weight excluding hydrogens is 328 g/mol. The third-order valence-electron chi connectivity index (χ3n) is 5.85. The zero-order valence-corrected chi connectivity index (χ0v) is 17.0. The first-order valence-electron chi connectivity index (χ1n) is 10.3. The monoisotopic (exact) mass is 361 g/mol. The molecule has 0 aliphatic rings. The molecule has 2 heteroatoms. The fourth-order valence-corrected chi connectivity index (χ4v) is 4.23. The van der Waals surface area contributed by atoms with Crippen LogP contribution in [-0.4, -0.2) is 4.57 Å². The number of hydrogen-bond donors (Lipinski definition) is 0. The van der Waals surface area contributed by atoms with Crippen molar-refractivity contribution in [1.82, 2.24) is 4.57 Å². The molecule has 2 nitrogen and oxygen atoms in total. The molecule has 1 heterocycles. The highest BCUT2D eigenvalue weighted by Gasteiger charge is 2.40.